The summed E-state index contributed by atoms with van der Waals surface area (Å²) in [6.07, 6.45) is 0.801. The molecule has 0 bridgehead atoms. The number of carbonyl (C=O) groups is 1. The second-order valence-corrected chi connectivity index (χ2v) is 8.59. The Morgan fingerprint density at radius 3 is 2.79 bits per heavy atom. The zero-order valence-corrected chi connectivity index (χ0v) is 19.0. The topological polar surface area (TPSA) is 58.2 Å². The number of hydrogen-bond acceptors (Lipinski definition) is 3. The maximum absolute atomic E-state index is 14.6. The smallest absolute Gasteiger partial charge is 0.254 e. The third-order valence-electron chi connectivity index (χ3n) is 6.19. The van der Waals surface area contributed by atoms with Crippen LogP contribution in [0.2, 0.25) is 0 Å². The fourth-order valence-electron chi connectivity index (χ4n) is 4.51. The molecule has 1 aromatic heterocycles. The third-order valence-corrected chi connectivity index (χ3v) is 6.19. The molecule has 0 aliphatic carbocycles. The number of halogens is 1. The van der Waals surface area contributed by atoms with Crippen molar-refractivity contribution >= 4 is 16.9 Å². The van der Waals surface area contributed by atoms with E-state index >= 15 is 0 Å². The van der Waals surface area contributed by atoms with Crippen LogP contribution in [0.5, 0.6) is 5.75 Å². The van der Waals surface area contributed by atoms with Crippen molar-refractivity contribution in [3.63, 3.8) is 0 Å². The predicted octanol–water partition coefficient (Wildman–Crippen LogP) is 5.58. The van der Waals surface area contributed by atoms with Crippen LogP contribution in [0.25, 0.3) is 22.2 Å². The zero-order chi connectivity index (χ0) is 23.1. The van der Waals surface area contributed by atoms with Crippen molar-refractivity contribution in [2.24, 2.45) is 0 Å². The Morgan fingerprint density at radius 1 is 1.12 bits per heavy atom. The van der Waals surface area contributed by atoms with Crippen molar-refractivity contribution in [1.82, 2.24) is 14.9 Å². The summed E-state index contributed by atoms with van der Waals surface area (Å²) in [6.45, 7) is 7.29. The third kappa shape index (κ3) is 3.97. The number of nitrogens with one attached hydrogen (secondary N) is 1. The fourth-order valence-corrected chi connectivity index (χ4v) is 4.51. The summed E-state index contributed by atoms with van der Waals surface area (Å²) < 4.78 is 20.6. The number of H-pyrrole nitrogens is 1. The molecule has 0 saturated heterocycles. The van der Waals surface area contributed by atoms with Gasteiger partial charge >= 0.3 is 0 Å². The number of amides is 1. The summed E-state index contributed by atoms with van der Waals surface area (Å²) in [4.78, 5) is 22.6. The van der Waals surface area contributed by atoms with Gasteiger partial charge in [0.1, 0.15) is 23.7 Å². The molecule has 3 aromatic carbocycles. The Hall–Kier alpha value is -3.67. The molecule has 0 saturated carbocycles. The van der Waals surface area contributed by atoms with Crippen LogP contribution < -0.4 is 4.74 Å². The zero-order valence-electron chi connectivity index (χ0n) is 19.0. The number of imidazole rings is 1. The quantitative estimate of drug-likeness (QED) is 0.450. The average Bonchev–Trinajstić information content (AvgIpc) is 3.06. The second kappa shape index (κ2) is 8.35. The second-order valence-electron chi connectivity index (χ2n) is 8.59. The molecule has 168 valence electrons. The highest BCUT2D eigenvalue weighted by Gasteiger charge is 2.23. The molecule has 33 heavy (non-hydrogen) atoms. The van der Waals surface area contributed by atoms with Gasteiger partial charge in [-0.15, -0.1) is 0 Å². The van der Waals surface area contributed by atoms with Gasteiger partial charge in [-0.3, -0.25) is 4.79 Å². The highest BCUT2D eigenvalue weighted by Crippen LogP contribution is 2.32. The minimum absolute atomic E-state index is 0.00843. The Bertz CT molecular complexity index is 1380. The molecule has 0 unspecified atom stereocenters. The van der Waals surface area contributed by atoms with Gasteiger partial charge < -0.3 is 14.6 Å². The summed E-state index contributed by atoms with van der Waals surface area (Å²) in [5.74, 6) is 1.08. The lowest BCUT2D eigenvalue weighted by atomic mass is 10.00. The molecule has 5 rings (SSSR count). The summed E-state index contributed by atoms with van der Waals surface area (Å²) in [7, 11) is 0. The highest BCUT2D eigenvalue weighted by atomic mass is 19.1. The molecule has 4 aromatic rings. The lowest BCUT2D eigenvalue weighted by Gasteiger charge is -2.22. The first-order chi connectivity index (χ1) is 15.9. The van der Waals surface area contributed by atoms with Crippen molar-refractivity contribution in [3.8, 4) is 16.9 Å². The molecule has 0 fully saturated rings. The molecule has 0 radical (unpaired) electrons. The number of aromatic nitrogens is 2. The van der Waals surface area contributed by atoms with Gasteiger partial charge in [0, 0.05) is 17.7 Å². The van der Waals surface area contributed by atoms with Crippen LogP contribution in [0, 0.1) is 19.7 Å². The number of aryl methyl sites for hydroxylation is 3. The number of fused-ring (bicyclic) bond motifs is 2. The predicted molar refractivity (Wildman–Crippen MR) is 127 cm³/mol. The van der Waals surface area contributed by atoms with E-state index in [2.05, 4.69) is 23.0 Å². The normalized spacial score (nSPS) is 13.5. The summed E-state index contributed by atoms with van der Waals surface area (Å²) in [5.41, 5.74) is 6.47. The first-order valence-corrected chi connectivity index (χ1v) is 11.2. The monoisotopic (exact) mass is 443 g/mol. The Labute approximate surface area is 192 Å². The van der Waals surface area contributed by atoms with E-state index in [1.807, 2.05) is 55.1 Å². The van der Waals surface area contributed by atoms with Crippen LogP contribution in [0.1, 0.15) is 39.8 Å². The lowest BCUT2D eigenvalue weighted by Crippen LogP contribution is -2.33. The number of hydrogen-bond donors (Lipinski definition) is 1. The largest absolute Gasteiger partial charge is 0.491 e. The van der Waals surface area contributed by atoms with Crippen molar-refractivity contribution in [3.05, 3.63) is 82.4 Å². The highest BCUT2D eigenvalue weighted by molar-refractivity contribution is 5.96. The molecular weight excluding hydrogens is 417 g/mol. The first kappa shape index (κ1) is 21.2. The molecular formula is C27H26FN3O2. The van der Waals surface area contributed by atoms with Crippen molar-refractivity contribution in [2.75, 3.05) is 13.2 Å². The number of nitrogens with zero attached hydrogens (tertiary/aromatic N) is 2. The summed E-state index contributed by atoms with van der Waals surface area (Å²) >= 11 is 0. The van der Waals surface area contributed by atoms with Gasteiger partial charge in [-0.05, 0) is 67.3 Å². The first-order valence-electron chi connectivity index (χ1n) is 11.2. The van der Waals surface area contributed by atoms with Gasteiger partial charge in [-0.25, -0.2) is 9.37 Å². The Morgan fingerprint density at radius 2 is 1.97 bits per heavy atom. The SMILES string of the molecule is CCc1cc(C)ccc1C(=O)N1CCOc2ccc(-c3cc(F)c4nc(C)[nH]c4c3)cc2C1. The Kier molecular flexibility index (Phi) is 5.36. The molecule has 1 aliphatic rings. The number of aromatic amines is 1. The van der Waals surface area contributed by atoms with Crippen molar-refractivity contribution < 1.29 is 13.9 Å². The van der Waals surface area contributed by atoms with Crippen LogP contribution in [-0.4, -0.2) is 33.9 Å². The molecule has 1 aliphatic heterocycles. The van der Waals surface area contributed by atoms with E-state index < -0.39 is 0 Å². The van der Waals surface area contributed by atoms with Gasteiger partial charge in [0.05, 0.1) is 12.1 Å². The Balaban J connectivity index is 1.49. The minimum atomic E-state index is -0.360. The fraction of sp³-hybridized carbons (Fsp3) is 0.259. The molecule has 0 atom stereocenters. The van der Waals surface area contributed by atoms with Crippen molar-refractivity contribution in [2.45, 2.75) is 33.7 Å². The van der Waals surface area contributed by atoms with Crippen LogP contribution in [-0.2, 0) is 13.0 Å². The number of carbonyl (C=O) groups excluding carboxylic acids is 1. The molecule has 1 amide bonds. The molecule has 2 heterocycles. The van der Waals surface area contributed by atoms with E-state index in [4.69, 9.17) is 4.74 Å². The van der Waals surface area contributed by atoms with E-state index in [0.29, 0.717) is 36.6 Å². The van der Waals surface area contributed by atoms with E-state index in [-0.39, 0.29) is 11.7 Å². The van der Waals surface area contributed by atoms with Crippen LogP contribution in [0.4, 0.5) is 4.39 Å². The summed E-state index contributed by atoms with van der Waals surface area (Å²) in [6, 6.07) is 15.2. The molecule has 6 heteroatoms. The van der Waals surface area contributed by atoms with Gasteiger partial charge in [0.25, 0.3) is 5.91 Å². The van der Waals surface area contributed by atoms with E-state index in [0.717, 1.165) is 45.6 Å². The van der Waals surface area contributed by atoms with E-state index in [1.165, 1.54) is 6.07 Å². The number of benzene rings is 3. The van der Waals surface area contributed by atoms with Gasteiger partial charge in [-0.2, -0.15) is 0 Å². The van der Waals surface area contributed by atoms with E-state index in [1.54, 1.807) is 0 Å². The summed E-state index contributed by atoms with van der Waals surface area (Å²) in [5, 5.41) is 0. The van der Waals surface area contributed by atoms with Gasteiger partial charge in [0.2, 0.25) is 0 Å². The van der Waals surface area contributed by atoms with Crippen LogP contribution in [0.3, 0.4) is 0 Å². The van der Waals surface area contributed by atoms with Gasteiger partial charge in [0.15, 0.2) is 5.82 Å². The van der Waals surface area contributed by atoms with Gasteiger partial charge in [-0.1, -0.05) is 30.7 Å². The molecule has 5 nitrogen and oxygen atoms in total. The maximum Gasteiger partial charge on any atom is 0.254 e. The lowest BCUT2D eigenvalue weighted by molar-refractivity contribution is 0.0732. The van der Waals surface area contributed by atoms with E-state index in [9.17, 15) is 9.18 Å². The minimum Gasteiger partial charge on any atom is -0.491 e. The standard InChI is InChI=1S/C27H26FN3O2/c1-4-18-11-16(2)5-7-22(18)27(32)31-9-10-33-25-8-6-19(12-21(25)15-31)20-13-23(28)26-24(14-20)29-17(3)30-26/h5-8,11-14H,4,9-10,15H2,1-3H3,(H,29,30). The number of ether oxygens (including phenoxy) is 1. The maximum atomic E-state index is 14.6. The molecule has 1 N–H and O–H groups in total. The number of rotatable bonds is 3. The van der Waals surface area contributed by atoms with Crippen LogP contribution in [0.15, 0.2) is 48.5 Å². The van der Waals surface area contributed by atoms with Crippen LogP contribution >= 0.6 is 0 Å². The average molecular weight is 444 g/mol. The molecule has 0 spiro atoms. The van der Waals surface area contributed by atoms with Crippen molar-refractivity contribution in [1.29, 1.82) is 0 Å².